The van der Waals surface area contributed by atoms with E-state index in [1.165, 1.54) is 4.90 Å². The highest BCUT2D eigenvalue weighted by atomic mass is 127. The van der Waals surface area contributed by atoms with E-state index in [0.29, 0.717) is 25.7 Å². The fourth-order valence-corrected chi connectivity index (χ4v) is 4.88. The monoisotopic (exact) mass is 517 g/mol. The molecule has 2 bridgehead atoms. The number of imide groups is 1. The van der Waals surface area contributed by atoms with Crippen LogP contribution < -0.4 is 10.6 Å². The normalized spacial score (nSPS) is 27.8. The van der Waals surface area contributed by atoms with E-state index in [-0.39, 0.29) is 59.5 Å². The van der Waals surface area contributed by atoms with Gasteiger partial charge in [-0.2, -0.15) is 0 Å². The number of nitrogens with zero attached hydrogens (tertiary/aromatic N) is 3. The fourth-order valence-electron chi connectivity index (χ4n) is 4.88. The lowest BCUT2D eigenvalue weighted by Gasteiger charge is -2.24. The third-order valence-electron chi connectivity index (χ3n) is 6.33. The first kappa shape index (κ1) is 24.1. The number of carbonyl (C=O) groups is 2. The minimum absolute atomic E-state index is 0. The molecule has 7 nitrogen and oxygen atoms in total. The zero-order valence-corrected chi connectivity index (χ0v) is 20.4. The molecule has 1 heterocycles. The van der Waals surface area contributed by atoms with Gasteiger partial charge in [-0.3, -0.25) is 24.4 Å². The van der Waals surface area contributed by atoms with Gasteiger partial charge in [0, 0.05) is 32.2 Å². The average molecular weight is 517 g/mol. The van der Waals surface area contributed by atoms with Crippen LogP contribution in [0.1, 0.15) is 34.1 Å². The Morgan fingerprint density at radius 1 is 1.17 bits per heavy atom. The Hall–Kier alpha value is -1.16. The molecule has 1 saturated heterocycles. The first-order valence-corrected chi connectivity index (χ1v) is 10.8. The number of fused-ring (bicyclic) bond motifs is 5. The Morgan fingerprint density at radius 2 is 1.79 bits per heavy atom. The van der Waals surface area contributed by atoms with Crippen molar-refractivity contribution in [3.63, 3.8) is 0 Å². The Morgan fingerprint density at radius 3 is 2.31 bits per heavy atom. The van der Waals surface area contributed by atoms with Gasteiger partial charge in [-0.05, 0) is 45.6 Å². The van der Waals surface area contributed by atoms with Crippen molar-refractivity contribution in [3.8, 4) is 0 Å². The number of carbonyl (C=O) groups excluding carboxylic acids is 2. The summed E-state index contributed by atoms with van der Waals surface area (Å²) in [5.74, 6) is 1.10. The molecule has 4 unspecified atom stereocenters. The summed E-state index contributed by atoms with van der Waals surface area (Å²) in [6, 6.07) is 0.507. The third-order valence-corrected chi connectivity index (χ3v) is 6.33. The average Bonchev–Trinajstić information content (AvgIpc) is 3.34. The molecule has 0 aromatic rings. The Bertz CT molecular complexity index is 621. The molecule has 0 radical (unpaired) electrons. The molecule has 0 spiro atoms. The van der Waals surface area contributed by atoms with Crippen LogP contribution in [0, 0.1) is 23.7 Å². The van der Waals surface area contributed by atoms with E-state index in [1.807, 2.05) is 6.92 Å². The quantitative estimate of drug-likeness (QED) is 0.160. The van der Waals surface area contributed by atoms with Gasteiger partial charge in [-0.15, -0.1) is 24.0 Å². The second-order valence-electron chi connectivity index (χ2n) is 8.24. The van der Waals surface area contributed by atoms with Gasteiger partial charge in [0.05, 0.1) is 18.4 Å². The SMILES string of the molecule is CCNC(=NCCN(CC)C(C)C)NCCN1C(=O)C2C3C=CC(C3)C2C1=O.I. The lowest BCUT2D eigenvalue weighted by atomic mass is 9.85. The summed E-state index contributed by atoms with van der Waals surface area (Å²) in [6.45, 7) is 12.9. The van der Waals surface area contributed by atoms with Gasteiger partial charge in [0.25, 0.3) is 0 Å². The van der Waals surface area contributed by atoms with Gasteiger partial charge in [0.2, 0.25) is 11.8 Å². The van der Waals surface area contributed by atoms with Crippen molar-refractivity contribution in [1.29, 1.82) is 0 Å². The van der Waals surface area contributed by atoms with E-state index in [1.54, 1.807) is 0 Å². The van der Waals surface area contributed by atoms with Gasteiger partial charge in [0.15, 0.2) is 5.96 Å². The second kappa shape index (κ2) is 10.7. The Balaban J connectivity index is 0.00000300. The van der Waals surface area contributed by atoms with Gasteiger partial charge in [-0.25, -0.2) is 0 Å². The molecule has 29 heavy (non-hydrogen) atoms. The molecule has 3 aliphatic rings. The first-order valence-electron chi connectivity index (χ1n) is 10.8. The maximum Gasteiger partial charge on any atom is 0.233 e. The molecule has 8 heteroatoms. The molecular weight excluding hydrogens is 481 g/mol. The Kier molecular flexibility index (Phi) is 8.93. The predicted molar refractivity (Wildman–Crippen MR) is 126 cm³/mol. The molecule has 2 aliphatic carbocycles. The van der Waals surface area contributed by atoms with Crippen LogP contribution in [0.4, 0.5) is 0 Å². The number of aliphatic imine (C=N–C) groups is 1. The summed E-state index contributed by atoms with van der Waals surface area (Å²) < 4.78 is 0. The fraction of sp³-hybridized carbons (Fsp3) is 0.762. The third kappa shape index (κ3) is 5.13. The molecule has 164 valence electrons. The van der Waals surface area contributed by atoms with Crippen molar-refractivity contribution < 1.29 is 9.59 Å². The largest absolute Gasteiger partial charge is 0.357 e. The van der Waals surface area contributed by atoms with E-state index in [9.17, 15) is 9.59 Å². The number of likely N-dealkylation sites (tertiary alicyclic amines) is 1. The van der Waals surface area contributed by atoms with Gasteiger partial charge in [0.1, 0.15) is 0 Å². The van der Waals surface area contributed by atoms with Crippen molar-refractivity contribution in [1.82, 2.24) is 20.4 Å². The number of guanidine groups is 1. The number of halogens is 1. The summed E-state index contributed by atoms with van der Waals surface area (Å²) in [5.41, 5.74) is 0. The van der Waals surface area contributed by atoms with Crippen molar-refractivity contribution in [2.75, 3.05) is 39.3 Å². The number of likely N-dealkylation sites (N-methyl/N-ethyl adjacent to an activating group) is 1. The van der Waals surface area contributed by atoms with Crippen LogP contribution in [0.3, 0.4) is 0 Å². The lowest BCUT2D eigenvalue weighted by Crippen LogP contribution is -2.44. The summed E-state index contributed by atoms with van der Waals surface area (Å²) in [6.07, 6.45) is 5.23. The summed E-state index contributed by atoms with van der Waals surface area (Å²) >= 11 is 0. The van der Waals surface area contributed by atoms with Crippen LogP contribution in [0.25, 0.3) is 0 Å². The van der Waals surface area contributed by atoms with Crippen molar-refractivity contribution >= 4 is 41.8 Å². The van der Waals surface area contributed by atoms with Gasteiger partial charge in [-0.1, -0.05) is 19.1 Å². The van der Waals surface area contributed by atoms with Crippen LogP contribution in [0.5, 0.6) is 0 Å². The molecule has 0 aromatic heterocycles. The van der Waals surface area contributed by atoms with Crippen LogP contribution in [-0.2, 0) is 9.59 Å². The van der Waals surface area contributed by atoms with Gasteiger partial charge < -0.3 is 10.6 Å². The van der Waals surface area contributed by atoms with Crippen molar-refractivity contribution in [2.24, 2.45) is 28.7 Å². The van der Waals surface area contributed by atoms with Gasteiger partial charge >= 0.3 is 0 Å². The first-order chi connectivity index (χ1) is 13.5. The molecule has 2 N–H and O–H groups in total. The number of hydrogen-bond donors (Lipinski definition) is 2. The molecule has 0 aromatic carbocycles. The van der Waals surface area contributed by atoms with E-state index in [0.717, 1.165) is 32.0 Å². The van der Waals surface area contributed by atoms with Crippen molar-refractivity contribution in [2.45, 2.75) is 40.2 Å². The maximum absolute atomic E-state index is 12.7. The van der Waals surface area contributed by atoms with E-state index in [4.69, 9.17) is 0 Å². The molecule has 2 amide bonds. The Labute approximate surface area is 191 Å². The minimum atomic E-state index is -0.111. The molecule has 2 fully saturated rings. The van der Waals surface area contributed by atoms with Crippen molar-refractivity contribution in [3.05, 3.63) is 12.2 Å². The minimum Gasteiger partial charge on any atom is -0.357 e. The highest BCUT2D eigenvalue weighted by Gasteiger charge is 2.58. The molecule has 1 aliphatic heterocycles. The summed E-state index contributed by atoms with van der Waals surface area (Å²) in [7, 11) is 0. The number of amides is 2. The lowest BCUT2D eigenvalue weighted by molar-refractivity contribution is -0.140. The summed E-state index contributed by atoms with van der Waals surface area (Å²) in [5, 5.41) is 6.51. The highest BCUT2D eigenvalue weighted by molar-refractivity contribution is 14.0. The van der Waals surface area contributed by atoms with Crippen LogP contribution >= 0.6 is 24.0 Å². The topological polar surface area (TPSA) is 77.0 Å². The zero-order valence-electron chi connectivity index (χ0n) is 18.1. The standard InChI is InChI=1S/C21H35N5O2.HI/c1-5-22-21(23-9-11-25(6-2)14(3)4)24-10-12-26-19(27)17-15-7-8-16(13-15)18(17)20(26)28;/h7-8,14-18H,5-6,9-13H2,1-4H3,(H2,22,23,24);1H. The number of allylic oxidation sites excluding steroid dienone is 2. The highest BCUT2D eigenvalue weighted by Crippen LogP contribution is 2.52. The zero-order chi connectivity index (χ0) is 20.3. The molecule has 4 atom stereocenters. The van der Waals surface area contributed by atoms with Crippen LogP contribution in [0.2, 0.25) is 0 Å². The van der Waals surface area contributed by atoms with E-state index < -0.39 is 0 Å². The molecule has 3 rings (SSSR count). The molecule has 1 saturated carbocycles. The summed E-state index contributed by atoms with van der Waals surface area (Å²) in [4.78, 5) is 33.9. The number of hydrogen-bond acceptors (Lipinski definition) is 4. The second-order valence-corrected chi connectivity index (χ2v) is 8.24. The molecular formula is C21H36IN5O2. The number of nitrogens with one attached hydrogen (secondary N) is 2. The predicted octanol–water partition coefficient (Wildman–Crippen LogP) is 1.70. The number of rotatable bonds is 9. The maximum atomic E-state index is 12.7. The van der Waals surface area contributed by atoms with E-state index in [2.05, 4.69) is 53.4 Å². The van der Waals surface area contributed by atoms with E-state index >= 15 is 0 Å². The van der Waals surface area contributed by atoms with Crippen LogP contribution in [-0.4, -0.2) is 72.9 Å². The smallest absolute Gasteiger partial charge is 0.233 e. The van der Waals surface area contributed by atoms with Crippen LogP contribution in [0.15, 0.2) is 17.1 Å².